The van der Waals surface area contributed by atoms with Crippen molar-refractivity contribution in [2.75, 3.05) is 45.8 Å². The molecular formula is C25H37ClFN5O2. The third-order valence-corrected chi connectivity index (χ3v) is 7.43. The molecule has 1 aromatic heterocycles. The first-order chi connectivity index (χ1) is 16.6. The van der Waals surface area contributed by atoms with Gasteiger partial charge in [-0.1, -0.05) is 11.6 Å². The van der Waals surface area contributed by atoms with E-state index in [0.29, 0.717) is 40.7 Å². The number of halogens is 2. The number of nitrogens with two attached hydrogens (primary N) is 1. The van der Waals surface area contributed by atoms with Crippen LogP contribution in [0.15, 0.2) is 30.2 Å². The molecule has 34 heavy (non-hydrogen) atoms. The van der Waals surface area contributed by atoms with Gasteiger partial charge in [-0.15, -0.1) is 0 Å². The first-order valence-electron chi connectivity index (χ1n) is 12.4. The van der Waals surface area contributed by atoms with Crippen molar-refractivity contribution in [3.8, 4) is 0 Å². The predicted octanol–water partition coefficient (Wildman–Crippen LogP) is 3.72. The van der Waals surface area contributed by atoms with Gasteiger partial charge in [-0.25, -0.2) is 9.37 Å². The molecule has 0 spiro atoms. The van der Waals surface area contributed by atoms with Gasteiger partial charge < -0.3 is 25.4 Å². The number of aromatic nitrogens is 1. The van der Waals surface area contributed by atoms with Crippen molar-refractivity contribution in [1.82, 2.24) is 20.5 Å². The van der Waals surface area contributed by atoms with Crippen molar-refractivity contribution in [3.63, 3.8) is 0 Å². The number of pyridine rings is 1. The highest BCUT2D eigenvalue weighted by atomic mass is 35.5. The minimum Gasteiger partial charge on any atom is -0.384 e. The van der Waals surface area contributed by atoms with Gasteiger partial charge in [0.1, 0.15) is 11.6 Å². The van der Waals surface area contributed by atoms with E-state index in [2.05, 4.69) is 20.5 Å². The number of hydrogen-bond donors (Lipinski definition) is 3. The fourth-order valence-corrected chi connectivity index (χ4v) is 5.44. The summed E-state index contributed by atoms with van der Waals surface area (Å²) < 4.78 is 26.1. The van der Waals surface area contributed by atoms with Crippen LogP contribution in [0.5, 0.6) is 0 Å². The van der Waals surface area contributed by atoms with E-state index in [1.165, 1.54) is 6.20 Å². The summed E-state index contributed by atoms with van der Waals surface area (Å²) in [6, 6.07) is 2.32. The molecular weight excluding hydrogens is 457 g/mol. The van der Waals surface area contributed by atoms with Gasteiger partial charge in [0.25, 0.3) is 0 Å². The van der Waals surface area contributed by atoms with Crippen LogP contribution in [-0.2, 0) is 9.47 Å². The summed E-state index contributed by atoms with van der Waals surface area (Å²) in [6.45, 7) is 4.03. The van der Waals surface area contributed by atoms with Crippen LogP contribution < -0.4 is 16.4 Å². The number of nitrogen functional groups attached to an aromatic ring is 1. The standard InChI is InChI=1S/C25H37ClFN5O2/c1-33-13-10-29-18-2-4-19(5-3-18)32-24(31-15-17-8-11-34-12-9-17)7-6-22(27)25(32)20-14-23(28)30-16-21(20)26/h6-7,14,16-19,24,29,31H,2-5,8-13,15H2,1H3,(H2,28,30). The Hall–Kier alpha value is -1.71. The molecule has 0 bridgehead atoms. The van der Waals surface area contributed by atoms with Crippen LogP contribution in [0.2, 0.25) is 5.02 Å². The number of hydrogen-bond acceptors (Lipinski definition) is 7. The monoisotopic (exact) mass is 493 g/mol. The van der Waals surface area contributed by atoms with Crippen LogP contribution in [0.4, 0.5) is 10.2 Å². The van der Waals surface area contributed by atoms with Gasteiger partial charge in [0.2, 0.25) is 0 Å². The number of anilines is 1. The Balaban J connectivity index is 1.54. The minimum atomic E-state index is -0.294. The van der Waals surface area contributed by atoms with Crippen molar-refractivity contribution < 1.29 is 13.9 Å². The number of methoxy groups -OCH3 is 1. The average Bonchev–Trinajstić information content (AvgIpc) is 2.86. The molecule has 1 aliphatic carbocycles. The molecule has 0 amide bonds. The summed E-state index contributed by atoms with van der Waals surface area (Å²) in [5.74, 6) is 0.591. The molecule has 1 aromatic rings. The maximum atomic E-state index is 15.5. The molecule has 1 atom stereocenters. The van der Waals surface area contributed by atoms with Crippen molar-refractivity contribution in [3.05, 3.63) is 40.8 Å². The van der Waals surface area contributed by atoms with Gasteiger partial charge in [-0.05, 0) is 62.7 Å². The quantitative estimate of drug-likeness (QED) is 0.452. The Morgan fingerprint density at radius 1 is 1.21 bits per heavy atom. The van der Waals surface area contributed by atoms with Crippen molar-refractivity contribution >= 4 is 23.1 Å². The van der Waals surface area contributed by atoms with E-state index in [9.17, 15) is 0 Å². The van der Waals surface area contributed by atoms with Crippen molar-refractivity contribution in [2.24, 2.45) is 5.92 Å². The second-order valence-corrected chi connectivity index (χ2v) is 9.82. The van der Waals surface area contributed by atoms with Gasteiger partial charge in [-0.3, -0.25) is 5.32 Å². The topological polar surface area (TPSA) is 84.7 Å². The van der Waals surface area contributed by atoms with E-state index in [4.69, 9.17) is 26.8 Å². The molecule has 3 aliphatic rings. The number of ether oxygens (including phenoxy) is 2. The number of rotatable bonds is 9. The third-order valence-electron chi connectivity index (χ3n) is 7.13. The number of nitrogens with zero attached hydrogens (tertiary/aromatic N) is 2. The molecule has 0 aromatic carbocycles. The molecule has 2 aliphatic heterocycles. The molecule has 7 nitrogen and oxygen atoms in total. The smallest absolute Gasteiger partial charge is 0.147 e. The van der Waals surface area contributed by atoms with E-state index in [-0.39, 0.29) is 18.0 Å². The lowest BCUT2D eigenvalue weighted by Gasteiger charge is -2.45. The van der Waals surface area contributed by atoms with Crippen molar-refractivity contribution in [1.29, 1.82) is 0 Å². The lowest BCUT2D eigenvalue weighted by atomic mass is 9.88. The van der Waals surface area contributed by atoms with Crippen LogP contribution in [0.25, 0.3) is 5.70 Å². The van der Waals surface area contributed by atoms with E-state index < -0.39 is 0 Å². The zero-order chi connectivity index (χ0) is 23.9. The Morgan fingerprint density at radius 3 is 2.71 bits per heavy atom. The number of nitrogens with one attached hydrogen (secondary N) is 2. The first-order valence-corrected chi connectivity index (χ1v) is 12.8. The minimum absolute atomic E-state index is 0.120. The summed E-state index contributed by atoms with van der Waals surface area (Å²) in [6.07, 6.45) is 10.9. The summed E-state index contributed by atoms with van der Waals surface area (Å²) in [4.78, 5) is 6.27. The van der Waals surface area contributed by atoms with Gasteiger partial charge in [-0.2, -0.15) is 0 Å². The Bertz CT molecular complexity index is 869. The summed E-state index contributed by atoms with van der Waals surface area (Å²) >= 11 is 6.51. The van der Waals surface area contributed by atoms with Crippen LogP contribution in [0.3, 0.4) is 0 Å². The molecule has 1 saturated heterocycles. The molecule has 3 heterocycles. The van der Waals surface area contributed by atoms with E-state index in [1.807, 2.05) is 6.08 Å². The Kier molecular flexibility index (Phi) is 9.19. The molecule has 4 rings (SSSR count). The second kappa shape index (κ2) is 12.3. The lowest BCUT2D eigenvalue weighted by Crippen LogP contribution is -2.53. The molecule has 2 fully saturated rings. The highest BCUT2D eigenvalue weighted by Gasteiger charge is 2.35. The van der Waals surface area contributed by atoms with E-state index >= 15 is 4.39 Å². The van der Waals surface area contributed by atoms with Crippen LogP contribution in [0.1, 0.15) is 44.1 Å². The predicted molar refractivity (Wildman–Crippen MR) is 134 cm³/mol. The van der Waals surface area contributed by atoms with E-state index in [0.717, 1.165) is 64.8 Å². The Labute approximate surface area is 206 Å². The van der Waals surface area contributed by atoms with Gasteiger partial charge >= 0.3 is 0 Å². The van der Waals surface area contributed by atoms with Crippen LogP contribution >= 0.6 is 11.6 Å². The normalized spacial score (nSPS) is 26.3. The SMILES string of the molecule is COCCNC1CCC(N2C(c3cc(N)ncc3Cl)=C(F)C=CC2NCC2CCOCC2)CC1. The molecule has 9 heteroatoms. The maximum Gasteiger partial charge on any atom is 0.147 e. The fraction of sp³-hybridized carbons (Fsp3) is 0.640. The molecule has 1 saturated carbocycles. The number of allylic oxidation sites excluding steroid dienone is 2. The van der Waals surface area contributed by atoms with Gasteiger partial charge in [0, 0.05) is 57.3 Å². The summed E-state index contributed by atoms with van der Waals surface area (Å²) in [5.41, 5.74) is 7.07. The summed E-state index contributed by atoms with van der Waals surface area (Å²) in [5, 5.41) is 7.68. The molecule has 0 radical (unpaired) electrons. The summed E-state index contributed by atoms with van der Waals surface area (Å²) in [7, 11) is 1.72. The largest absolute Gasteiger partial charge is 0.384 e. The van der Waals surface area contributed by atoms with Gasteiger partial charge in [0.05, 0.1) is 23.5 Å². The first kappa shape index (κ1) is 25.4. The zero-order valence-electron chi connectivity index (χ0n) is 19.9. The Morgan fingerprint density at radius 2 is 1.97 bits per heavy atom. The van der Waals surface area contributed by atoms with E-state index in [1.54, 1.807) is 19.3 Å². The average molecular weight is 494 g/mol. The fourth-order valence-electron chi connectivity index (χ4n) is 5.25. The second-order valence-electron chi connectivity index (χ2n) is 9.41. The lowest BCUT2D eigenvalue weighted by molar-refractivity contribution is 0.0626. The molecule has 1 unspecified atom stereocenters. The van der Waals surface area contributed by atoms with Crippen LogP contribution in [0, 0.1) is 5.92 Å². The molecule has 4 N–H and O–H groups in total. The molecule has 188 valence electrons. The van der Waals surface area contributed by atoms with Crippen molar-refractivity contribution in [2.45, 2.75) is 56.8 Å². The third kappa shape index (κ3) is 6.29. The van der Waals surface area contributed by atoms with Gasteiger partial charge in [0.15, 0.2) is 0 Å². The zero-order valence-corrected chi connectivity index (χ0v) is 20.7. The maximum absolute atomic E-state index is 15.5. The van der Waals surface area contributed by atoms with Crippen LogP contribution in [-0.4, -0.2) is 68.2 Å². The highest BCUT2D eigenvalue weighted by Crippen LogP contribution is 2.39. The highest BCUT2D eigenvalue weighted by molar-refractivity contribution is 6.32.